The van der Waals surface area contributed by atoms with E-state index >= 15 is 0 Å². The number of carbonyl (C=O) groups excluding carboxylic acids is 4. The largest absolute Gasteiger partial charge is 0.503 e. The minimum absolute atomic E-state index is 0.110. The van der Waals surface area contributed by atoms with Gasteiger partial charge in [-0.05, 0) is 106 Å². The molecule has 5 aliphatic rings. The van der Waals surface area contributed by atoms with Gasteiger partial charge in [0.05, 0.1) is 59.3 Å². The molecule has 1 N–H and O–H groups in total. The number of phenolic OH excluding ortho intramolecular Hbond substituents is 1. The molecule has 6 atom stereocenters. The van der Waals surface area contributed by atoms with Crippen molar-refractivity contribution < 1.29 is 33.8 Å². The maximum Gasteiger partial charge on any atom is 0.241 e. The highest BCUT2D eigenvalue weighted by Gasteiger charge is 2.68. The Labute approximate surface area is 306 Å². The fourth-order valence-corrected chi connectivity index (χ4v) is 10.0. The van der Waals surface area contributed by atoms with Crippen LogP contribution in [0.15, 0.2) is 81.3 Å². The number of halogens is 2. The quantitative estimate of drug-likeness (QED) is 0.240. The van der Waals surface area contributed by atoms with Crippen LogP contribution < -0.4 is 19.4 Å². The molecular weight excluding hydrogens is 770 g/mol. The van der Waals surface area contributed by atoms with E-state index in [0.717, 1.165) is 24.4 Å². The van der Waals surface area contributed by atoms with E-state index in [1.54, 1.807) is 30.3 Å². The zero-order chi connectivity index (χ0) is 35.1. The lowest BCUT2D eigenvalue weighted by Crippen LogP contribution is -2.49. The molecule has 10 nitrogen and oxygen atoms in total. The number of nitrogens with zero attached hydrogens (tertiary/aromatic N) is 3. The molecule has 8 rings (SSSR count). The molecule has 2 aliphatic carbocycles. The van der Waals surface area contributed by atoms with E-state index in [0.29, 0.717) is 45.5 Å². The number of imide groups is 2. The molecule has 3 aromatic rings. The summed E-state index contributed by atoms with van der Waals surface area (Å²) in [7, 11) is 1.45. The van der Waals surface area contributed by atoms with Crippen molar-refractivity contribution >= 4 is 72.6 Å². The van der Waals surface area contributed by atoms with Crippen molar-refractivity contribution in [1.82, 2.24) is 0 Å². The molecule has 4 amide bonds. The molecule has 0 spiro atoms. The highest BCUT2D eigenvalue weighted by molar-refractivity contribution is 9.13. The van der Waals surface area contributed by atoms with Crippen LogP contribution >= 0.6 is 31.9 Å². The number of allylic oxidation sites excluding steroid dienone is 2. The molecule has 1 saturated carbocycles. The van der Waals surface area contributed by atoms with E-state index in [1.807, 2.05) is 43.3 Å². The number of anilines is 3. The van der Waals surface area contributed by atoms with Crippen LogP contribution in [0.25, 0.3) is 0 Å². The predicted octanol–water partition coefficient (Wildman–Crippen LogP) is 6.20. The van der Waals surface area contributed by atoms with Gasteiger partial charge < -0.3 is 19.5 Å². The molecule has 0 unspecified atom stereocenters. The van der Waals surface area contributed by atoms with E-state index in [4.69, 9.17) is 9.47 Å². The fourth-order valence-electron chi connectivity index (χ4n) is 9.05. The number of carbonyl (C=O) groups is 4. The van der Waals surface area contributed by atoms with E-state index in [1.165, 1.54) is 16.9 Å². The normalized spacial score (nSPS) is 29.2. The molecule has 12 heteroatoms. The Kier molecular flexibility index (Phi) is 8.19. The number of aromatic hydroxyl groups is 1. The Bertz CT molecular complexity index is 1960. The zero-order valence-corrected chi connectivity index (χ0v) is 30.6. The van der Waals surface area contributed by atoms with Crippen molar-refractivity contribution in [2.75, 3.05) is 48.1 Å². The first kappa shape index (κ1) is 33.2. The van der Waals surface area contributed by atoms with Crippen molar-refractivity contribution in [2.45, 2.75) is 25.7 Å². The monoisotopic (exact) mass is 803 g/mol. The average Bonchev–Trinajstić information content (AvgIpc) is 3.51. The van der Waals surface area contributed by atoms with Gasteiger partial charge in [-0.3, -0.25) is 24.1 Å². The number of morpholine rings is 1. The molecule has 4 fully saturated rings. The van der Waals surface area contributed by atoms with Gasteiger partial charge in [0.2, 0.25) is 23.6 Å². The summed E-state index contributed by atoms with van der Waals surface area (Å²) in [5, 5.41) is 10.8. The molecule has 50 heavy (non-hydrogen) atoms. The zero-order valence-electron chi connectivity index (χ0n) is 27.5. The van der Waals surface area contributed by atoms with Crippen LogP contribution in [0.3, 0.4) is 0 Å². The van der Waals surface area contributed by atoms with Gasteiger partial charge in [-0.2, -0.15) is 0 Å². The third-order valence-electron chi connectivity index (χ3n) is 11.5. The van der Waals surface area contributed by atoms with Gasteiger partial charge in [-0.1, -0.05) is 29.8 Å². The van der Waals surface area contributed by atoms with E-state index < -0.39 is 35.0 Å². The van der Waals surface area contributed by atoms with Gasteiger partial charge in [0, 0.05) is 29.2 Å². The second kappa shape index (κ2) is 12.3. The molecule has 0 radical (unpaired) electrons. The van der Waals surface area contributed by atoms with Gasteiger partial charge in [-0.25, -0.2) is 4.90 Å². The van der Waals surface area contributed by atoms with Crippen molar-refractivity contribution in [2.24, 2.45) is 29.1 Å². The minimum atomic E-state index is -1.24. The second-order valence-electron chi connectivity index (χ2n) is 13.8. The van der Waals surface area contributed by atoms with E-state index in [9.17, 15) is 24.3 Å². The van der Waals surface area contributed by atoms with Crippen LogP contribution in [0.5, 0.6) is 11.5 Å². The topological polar surface area (TPSA) is 117 Å². The summed E-state index contributed by atoms with van der Waals surface area (Å²) in [5.41, 5.74) is 2.23. The number of hydrogen-bond donors (Lipinski definition) is 1. The van der Waals surface area contributed by atoms with Crippen molar-refractivity contribution in [3.63, 3.8) is 0 Å². The lowest BCUT2D eigenvalue weighted by atomic mass is 9.51. The average molecular weight is 806 g/mol. The smallest absolute Gasteiger partial charge is 0.241 e. The number of phenols is 1. The maximum absolute atomic E-state index is 14.7. The van der Waals surface area contributed by atoms with Gasteiger partial charge in [0.15, 0.2) is 11.5 Å². The number of para-hydroxylation sites is 1. The minimum Gasteiger partial charge on any atom is -0.503 e. The highest BCUT2D eigenvalue weighted by Crippen LogP contribution is 2.65. The van der Waals surface area contributed by atoms with Crippen LogP contribution in [0.2, 0.25) is 0 Å². The number of hydrogen-bond acceptors (Lipinski definition) is 8. The summed E-state index contributed by atoms with van der Waals surface area (Å²) < 4.78 is 11.9. The number of rotatable bonds is 5. The Morgan fingerprint density at radius 2 is 1.50 bits per heavy atom. The lowest BCUT2D eigenvalue weighted by Gasteiger charge is -2.49. The summed E-state index contributed by atoms with van der Waals surface area (Å²) >= 11 is 7.17. The number of benzene rings is 3. The van der Waals surface area contributed by atoms with Crippen molar-refractivity contribution in [3.05, 3.63) is 86.8 Å². The molecule has 3 aromatic carbocycles. The Balaban J connectivity index is 1.22. The van der Waals surface area contributed by atoms with Gasteiger partial charge in [-0.15, -0.1) is 0 Å². The van der Waals surface area contributed by atoms with Gasteiger partial charge in [0.1, 0.15) is 0 Å². The van der Waals surface area contributed by atoms with Crippen LogP contribution in [0, 0.1) is 29.1 Å². The third-order valence-corrected chi connectivity index (χ3v) is 13.6. The molecular formula is C38H35Br2N3O7. The number of ether oxygens (including phenoxy) is 2. The number of methoxy groups -OCH3 is 1. The first-order valence-electron chi connectivity index (χ1n) is 16.8. The first-order valence-corrected chi connectivity index (χ1v) is 18.3. The Hall–Kier alpha value is -4.00. The van der Waals surface area contributed by atoms with Gasteiger partial charge >= 0.3 is 0 Å². The third kappa shape index (κ3) is 4.74. The van der Waals surface area contributed by atoms with Crippen LogP contribution in [-0.2, 0) is 23.9 Å². The summed E-state index contributed by atoms with van der Waals surface area (Å²) in [6.07, 6.45) is 2.57. The summed E-state index contributed by atoms with van der Waals surface area (Å²) in [6.45, 7) is 4.66. The maximum atomic E-state index is 14.7. The van der Waals surface area contributed by atoms with Crippen LogP contribution in [0.4, 0.5) is 17.1 Å². The molecule has 0 aromatic heterocycles. The van der Waals surface area contributed by atoms with Gasteiger partial charge in [0.25, 0.3) is 0 Å². The molecule has 3 aliphatic heterocycles. The predicted molar refractivity (Wildman–Crippen MR) is 193 cm³/mol. The molecule has 3 saturated heterocycles. The summed E-state index contributed by atoms with van der Waals surface area (Å²) in [4.78, 5) is 62.6. The standard InChI is InChI=1S/C38H35Br2N3O7/c1-38-27(35(46)43(37(38)48)21-6-4-3-5-7-21)18-25-23(30(38)26-19-28(49-2)33(44)32(40)31(26)39)12-13-24-29(25)36(47)42(34(24)45)22-10-8-20(9-11-22)41-14-16-50-17-15-41/h3-12,19,24-25,27,29-30,44H,13-18H2,1-2H3/t24-,25+,27-,29-,30+,38+/m0/s1. The van der Waals surface area contributed by atoms with Crippen LogP contribution in [0.1, 0.15) is 31.2 Å². The SMILES string of the molecule is COc1cc([C@H]2C3=CC[C@@H]4C(=O)N(c5ccc(N6CCOCC6)cc5)C(=O)[C@@H]4[C@@H]3C[C@H]3C(=O)N(c4ccccc4)C(=O)[C@@]23C)c(Br)c(Br)c1O. The number of amides is 4. The molecule has 0 bridgehead atoms. The Morgan fingerprint density at radius 3 is 2.18 bits per heavy atom. The lowest BCUT2D eigenvalue weighted by molar-refractivity contribution is -0.131. The summed E-state index contributed by atoms with van der Waals surface area (Å²) in [5.74, 6) is -4.37. The van der Waals surface area contributed by atoms with E-state index in [2.05, 4.69) is 36.8 Å². The highest BCUT2D eigenvalue weighted by atomic mass is 79.9. The Morgan fingerprint density at radius 1 is 0.840 bits per heavy atom. The van der Waals surface area contributed by atoms with Crippen molar-refractivity contribution in [1.29, 1.82) is 0 Å². The summed E-state index contributed by atoms with van der Waals surface area (Å²) in [6, 6.07) is 18.1. The second-order valence-corrected chi connectivity index (χ2v) is 15.4. The van der Waals surface area contributed by atoms with Crippen LogP contribution in [-0.4, -0.2) is 62.1 Å². The molecule has 258 valence electrons. The van der Waals surface area contributed by atoms with Crippen molar-refractivity contribution in [3.8, 4) is 11.5 Å². The molecule has 3 heterocycles. The van der Waals surface area contributed by atoms with E-state index in [-0.39, 0.29) is 41.5 Å². The first-order chi connectivity index (χ1) is 24.1. The number of fused-ring (bicyclic) bond motifs is 4. The fraction of sp³-hybridized carbons (Fsp3) is 0.368.